The first-order chi connectivity index (χ1) is 13.6. The van der Waals surface area contributed by atoms with Crippen LogP contribution in [0.4, 0.5) is 0 Å². The van der Waals surface area contributed by atoms with E-state index in [2.05, 4.69) is 27.6 Å². The number of aromatic nitrogens is 2. The van der Waals surface area contributed by atoms with Crippen LogP contribution in [0.5, 0.6) is 11.5 Å². The molecule has 3 N–H and O–H groups in total. The predicted octanol–water partition coefficient (Wildman–Crippen LogP) is 3.73. The number of hydrogen-bond acceptors (Lipinski definition) is 5. The lowest BCUT2D eigenvalue weighted by molar-refractivity contribution is 0.0950. The summed E-state index contributed by atoms with van der Waals surface area (Å²) in [5, 5.41) is 20.5. The van der Waals surface area contributed by atoms with Gasteiger partial charge in [0.1, 0.15) is 17.2 Å². The zero-order valence-electron chi connectivity index (χ0n) is 15.8. The molecule has 7 heteroatoms. The molecule has 0 aliphatic carbocycles. The Kier molecular flexibility index (Phi) is 6.06. The van der Waals surface area contributed by atoms with Gasteiger partial charge in [0.2, 0.25) is 0 Å². The zero-order valence-corrected chi connectivity index (χ0v) is 15.8. The highest BCUT2D eigenvalue weighted by molar-refractivity contribution is 6.00. The van der Waals surface area contributed by atoms with Gasteiger partial charge in [-0.1, -0.05) is 19.1 Å². The highest BCUT2D eigenvalue weighted by atomic mass is 16.5. The van der Waals surface area contributed by atoms with Gasteiger partial charge in [0.05, 0.1) is 18.0 Å². The summed E-state index contributed by atoms with van der Waals surface area (Å²) >= 11 is 0. The van der Waals surface area contributed by atoms with Crippen molar-refractivity contribution in [3.63, 3.8) is 0 Å². The van der Waals surface area contributed by atoms with Gasteiger partial charge in [-0.3, -0.25) is 9.89 Å². The minimum atomic E-state index is -0.402. The number of phenolic OH excluding ortho intramolecular Hbond substituents is 1. The van der Waals surface area contributed by atoms with Crippen LogP contribution in [-0.4, -0.2) is 33.5 Å². The number of benzene rings is 2. The first kappa shape index (κ1) is 19.2. The molecule has 0 fully saturated rings. The second-order valence-electron chi connectivity index (χ2n) is 6.23. The Labute approximate surface area is 163 Å². The number of carbonyl (C=O) groups excluding carboxylic acids is 1. The molecule has 7 nitrogen and oxygen atoms in total. The molecule has 2 aromatic carbocycles. The summed E-state index contributed by atoms with van der Waals surface area (Å²) in [5.74, 6) is 0.541. The van der Waals surface area contributed by atoms with E-state index in [9.17, 15) is 9.90 Å². The Morgan fingerprint density at radius 3 is 2.71 bits per heavy atom. The number of phenols is 1. The molecule has 28 heavy (non-hydrogen) atoms. The van der Waals surface area contributed by atoms with Crippen LogP contribution >= 0.6 is 0 Å². The number of rotatable bonds is 7. The van der Waals surface area contributed by atoms with Crippen LogP contribution in [0, 0.1) is 0 Å². The van der Waals surface area contributed by atoms with Gasteiger partial charge in [-0.2, -0.15) is 10.2 Å². The molecule has 0 radical (unpaired) electrons. The molecular formula is C21H22N4O3. The van der Waals surface area contributed by atoms with Crippen molar-refractivity contribution in [2.24, 2.45) is 5.10 Å². The molecule has 144 valence electrons. The summed E-state index contributed by atoms with van der Waals surface area (Å²) in [5.41, 5.74) is 5.61. The smallest absolute Gasteiger partial charge is 0.289 e. The number of H-pyrrole nitrogens is 1. The Morgan fingerprint density at radius 1 is 1.21 bits per heavy atom. The zero-order chi connectivity index (χ0) is 19.9. The van der Waals surface area contributed by atoms with Gasteiger partial charge in [0.15, 0.2) is 0 Å². The largest absolute Gasteiger partial charge is 0.508 e. The van der Waals surface area contributed by atoms with Crippen LogP contribution in [0.25, 0.3) is 11.3 Å². The molecule has 1 aromatic heterocycles. The Morgan fingerprint density at radius 2 is 2.00 bits per heavy atom. The molecule has 0 saturated carbocycles. The molecule has 1 heterocycles. The van der Waals surface area contributed by atoms with E-state index >= 15 is 0 Å². The highest BCUT2D eigenvalue weighted by Gasteiger charge is 2.11. The fraction of sp³-hybridized carbons (Fsp3) is 0.190. The number of nitrogens with one attached hydrogen (secondary N) is 2. The fourth-order valence-corrected chi connectivity index (χ4v) is 2.52. The van der Waals surface area contributed by atoms with Crippen molar-refractivity contribution in [3.05, 3.63) is 65.9 Å². The quantitative estimate of drug-likeness (QED) is 0.431. The fourth-order valence-electron chi connectivity index (χ4n) is 2.52. The maximum absolute atomic E-state index is 12.3. The van der Waals surface area contributed by atoms with Crippen molar-refractivity contribution in [2.75, 3.05) is 6.61 Å². The molecule has 3 aromatic rings. The minimum absolute atomic E-state index is 0.141. The number of nitrogens with zero attached hydrogens (tertiary/aromatic N) is 2. The second-order valence-corrected chi connectivity index (χ2v) is 6.23. The average molecular weight is 378 g/mol. The van der Waals surface area contributed by atoms with Crippen molar-refractivity contribution in [1.29, 1.82) is 0 Å². The Hall–Kier alpha value is -3.61. The third kappa shape index (κ3) is 4.76. The summed E-state index contributed by atoms with van der Waals surface area (Å²) < 4.78 is 5.56. The van der Waals surface area contributed by atoms with E-state index < -0.39 is 5.91 Å². The van der Waals surface area contributed by atoms with Gasteiger partial charge < -0.3 is 9.84 Å². The minimum Gasteiger partial charge on any atom is -0.508 e. The van der Waals surface area contributed by atoms with Gasteiger partial charge in [0, 0.05) is 11.1 Å². The molecule has 0 bridgehead atoms. The number of aromatic hydroxyl groups is 1. The van der Waals surface area contributed by atoms with Crippen LogP contribution in [0.1, 0.15) is 36.3 Å². The van der Waals surface area contributed by atoms with Crippen molar-refractivity contribution in [1.82, 2.24) is 15.6 Å². The first-order valence-electron chi connectivity index (χ1n) is 8.99. The van der Waals surface area contributed by atoms with Crippen LogP contribution in [-0.2, 0) is 0 Å². The van der Waals surface area contributed by atoms with Crippen LogP contribution < -0.4 is 10.2 Å². The molecule has 0 atom stereocenters. The van der Waals surface area contributed by atoms with E-state index in [1.54, 1.807) is 37.3 Å². The van der Waals surface area contributed by atoms with Crippen LogP contribution in [0.15, 0.2) is 59.7 Å². The lowest BCUT2D eigenvalue weighted by Crippen LogP contribution is -2.19. The number of carbonyl (C=O) groups is 1. The molecule has 3 rings (SSSR count). The predicted molar refractivity (Wildman–Crippen MR) is 108 cm³/mol. The Bertz CT molecular complexity index is 977. The van der Waals surface area contributed by atoms with Crippen LogP contribution in [0.2, 0.25) is 0 Å². The summed E-state index contributed by atoms with van der Waals surface area (Å²) in [6.45, 7) is 4.48. The number of hydrazone groups is 1. The van der Waals surface area contributed by atoms with Crippen LogP contribution in [0.3, 0.4) is 0 Å². The third-order valence-corrected chi connectivity index (χ3v) is 4.03. The van der Waals surface area contributed by atoms with Gasteiger partial charge in [-0.05, 0) is 55.8 Å². The lowest BCUT2D eigenvalue weighted by Gasteiger charge is -2.04. The SMILES string of the molecule is CCCOc1ccc(-c2cc(C(=O)N/N=C(/C)c3cccc(O)c3)[nH]n2)cc1. The molecule has 0 aliphatic rings. The number of hydrogen-bond donors (Lipinski definition) is 3. The highest BCUT2D eigenvalue weighted by Crippen LogP contribution is 2.21. The summed E-state index contributed by atoms with van der Waals surface area (Å²) in [6, 6.07) is 15.9. The number of aromatic amines is 1. The monoisotopic (exact) mass is 378 g/mol. The van der Waals surface area contributed by atoms with Crippen molar-refractivity contribution in [2.45, 2.75) is 20.3 Å². The van der Waals surface area contributed by atoms with E-state index in [0.717, 1.165) is 23.3 Å². The molecule has 0 aliphatic heterocycles. The maximum Gasteiger partial charge on any atom is 0.289 e. The third-order valence-electron chi connectivity index (χ3n) is 4.03. The molecule has 1 amide bonds. The molecular weight excluding hydrogens is 356 g/mol. The van der Waals surface area contributed by atoms with Crippen molar-refractivity contribution >= 4 is 11.6 Å². The van der Waals surface area contributed by atoms with E-state index in [4.69, 9.17) is 4.74 Å². The van der Waals surface area contributed by atoms with Crippen molar-refractivity contribution in [3.8, 4) is 22.8 Å². The molecule has 0 spiro atoms. The number of amides is 1. The summed E-state index contributed by atoms with van der Waals surface area (Å²) in [4.78, 5) is 12.3. The topological polar surface area (TPSA) is 99.6 Å². The lowest BCUT2D eigenvalue weighted by atomic mass is 10.1. The first-order valence-corrected chi connectivity index (χ1v) is 8.99. The van der Waals surface area contributed by atoms with Gasteiger partial charge in [-0.15, -0.1) is 0 Å². The summed E-state index contributed by atoms with van der Waals surface area (Å²) in [7, 11) is 0. The van der Waals surface area contributed by atoms with E-state index in [0.29, 0.717) is 23.7 Å². The van der Waals surface area contributed by atoms with Gasteiger partial charge >= 0.3 is 0 Å². The summed E-state index contributed by atoms with van der Waals surface area (Å²) in [6.07, 6.45) is 0.951. The van der Waals surface area contributed by atoms with Crippen molar-refractivity contribution < 1.29 is 14.6 Å². The standard InChI is InChI=1S/C21H22N4O3/c1-3-11-28-18-9-7-15(8-10-18)19-13-20(24-23-19)21(27)25-22-14(2)16-5-4-6-17(26)12-16/h4-10,12-13,26H,3,11H2,1-2H3,(H,23,24)(H,25,27)/b22-14-. The van der Waals surface area contributed by atoms with Gasteiger partial charge in [0.25, 0.3) is 5.91 Å². The normalized spacial score (nSPS) is 11.3. The average Bonchev–Trinajstić information content (AvgIpc) is 3.21. The van der Waals surface area contributed by atoms with Gasteiger partial charge in [-0.25, -0.2) is 5.43 Å². The van der Waals surface area contributed by atoms with E-state index in [1.165, 1.54) is 0 Å². The molecule has 0 unspecified atom stereocenters. The molecule has 0 saturated heterocycles. The maximum atomic E-state index is 12.3. The van der Waals surface area contributed by atoms with E-state index in [-0.39, 0.29) is 5.75 Å². The Balaban J connectivity index is 1.66. The van der Waals surface area contributed by atoms with E-state index in [1.807, 2.05) is 24.3 Å². The number of ether oxygens (including phenoxy) is 1. The second kappa shape index (κ2) is 8.85.